The third-order valence-electron chi connectivity index (χ3n) is 3.64. The number of Topliss-reactive ketones (excluding diaryl/α,β-unsaturated/α-hetero) is 1. The van der Waals surface area contributed by atoms with Gasteiger partial charge in [-0.1, -0.05) is 36.8 Å². The van der Waals surface area contributed by atoms with Gasteiger partial charge in [0.25, 0.3) is 0 Å². The number of carbonyl (C=O) groups is 1. The SMILES string of the molecule is Cc1sc(CCCCCc2ccccc2)nc1C(=O)CS(N)(=O)=O. The van der Waals surface area contributed by atoms with E-state index in [1.165, 1.54) is 16.9 Å². The molecular formula is C17H22N2O3S2. The van der Waals surface area contributed by atoms with Crippen LogP contribution in [-0.4, -0.2) is 24.9 Å². The smallest absolute Gasteiger partial charge is 0.216 e. The molecule has 0 saturated carbocycles. The van der Waals surface area contributed by atoms with Gasteiger partial charge in [-0.25, -0.2) is 18.5 Å². The molecule has 0 radical (unpaired) electrons. The third-order valence-corrected chi connectivity index (χ3v) is 5.33. The Hall–Kier alpha value is -1.57. The Morgan fingerprint density at radius 1 is 1.12 bits per heavy atom. The van der Waals surface area contributed by atoms with E-state index in [0.29, 0.717) is 0 Å². The van der Waals surface area contributed by atoms with Gasteiger partial charge < -0.3 is 0 Å². The highest BCUT2D eigenvalue weighted by atomic mass is 32.2. The fraction of sp³-hybridized carbons (Fsp3) is 0.412. The maximum absolute atomic E-state index is 11.9. The largest absolute Gasteiger partial charge is 0.291 e. The zero-order valence-corrected chi connectivity index (χ0v) is 15.3. The maximum atomic E-state index is 11.9. The van der Waals surface area contributed by atoms with Crippen molar-refractivity contribution in [3.8, 4) is 0 Å². The minimum absolute atomic E-state index is 0.244. The van der Waals surface area contributed by atoms with Crippen LogP contribution in [0.25, 0.3) is 0 Å². The Labute approximate surface area is 147 Å². The summed E-state index contributed by atoms with van der Waals surface area (Å²) in [5.74, 6) is -1.21. The number of nitrogens with zero attached hydrogens (tertiary/aromatic N) is 1. The zero-order valence-electron chi connectivity index (χ0n) is 13.7. The van der Waals surface area contributed by atoms with E-state index in [9.17, 15) is 13.2 Å². The first kappa shape index (κ1) is 18.8. The van der Waals surface area contributed by atoms with E-state index < -0.39 is 21.6 Å². The second-order valence-corrected chi connectivity index (χ2v) is 8.69. The van der Waals surface area contributed by atoms with E-state index in [1.54, 1.807) is 6.92 Å². The van der Waals surface area contributed by atoms with Crippen LogP contribution < -0.4 is 5.14 Å². The first-order valence-corrected chi connectivity index (χ1v) is 10.4. The van der Waals surface area contributed by atoms with Crippen molar-refractivity contribution in [2.45, 2.75) is 39.0 Å². The van der Waals surface area contributed by atoms with Gasteiger partial charge in [-0.2, -0.15) is 0 Å². The van der Waals surface area contributed by atoms with Crippen molar-refractivity contribution in [1.29, 1.82) is 0 Å². The van der Waals surface area contributed by atoms with Crippen LogP contribution in [-0.2, 0) is 22.9 Å². The van der Waals surface area contributed by atoms with E-state index in [4.69, 9.17) is 5.14 Å². The van der Waals surface area contributed by atoms with Crippen LogP contribution >= 0.6 is 11.3 Å². The molecule has 0 unspecified atom stereocenters. The molecule has 0 bridgehead atoms. The Balaban J connectivity index is 1.79. The molecule has 1 aromatic heterocycles. The molecule has 7 heteroatoms. The van der Waals surface area contributed by atoms with Crippen LogP contribution in [0.2, 0.25) is 0 Å². The first-order valence-electron chi connectivity index (χ1n) is 7.89. The molecule has 2 aromatic rings. The number of hydrogen-bond acceptors (Lipinski definition) is 5. The molecule has 0 amide bonds. The van der Waals surface area contributed by atoms with Gasteiger partial charge in [-0.05, 0) is 38.2 Å². The highest BCUT2D eigenvalue weighted by molar-refractivity contribution is 7.89. The molecule has 0 saturated heterocycles. The second kappa shape index (κ2) is 8.50. The first-order chi connectivity index (χ1) is 11.3. The van der Waals surface area contributed by atoms with Gasteiger partial charge in [-0.15, -0.1) is 11.3 Å². The predicted molar refractivity (Wildman–Crippen MR) is 96.9 cm³/mol. The van der Waals surface area contributed by atoms with Crippen molar-refractivity contribution in [3.05, 3.63) is 51.5 Å². The quantitative estimate of drug-likeness (QED) is 0.546. The maximum Gasteiger partial charge on any atom is 0.216 e. The Bertz CT molecular complexity index is 783. The number of benzene rings is 1. The zero-order chi connectivity index (χ0) is 17.6. The summed E-state index contributed by atoms with van der Waals surface area (Å²) in [7, 11) is -3.81. The molecule has 0 spiro atoms. The minimum atomic E-state index is -3.81. The second-order valence-electron chi connectivity index (χ2n) is 5.79. The number of rotatable bonds is 9. The molecule has 0 aliphatic heterocycles. The summed E-state index contributed by atoms with van der Waals surface area (Å²) in [5, 5.41) is 5.80. The molecule has 2 N–H and O–H groups in total. The number of thiazole rings is 1. The van der Waals surface area contributed by atoms with E-state index in [-0.39, 0.29) is 5.69 Å². The average Bonchev–Trinajstić information content (AvgIpc) is 2.87. The summed E-state index contributed by atoms with van der Waals surface area (Å²) in [4.78, 5) is 17.0. The van der Waals surface area contributed by atoms with Crippen LogP contribution in [0.15, 0.2) is 30.3 Å². The topological polar surface area (TPSA) is 90.1 Å². The summed E-state index contributed by atoms with van der Waals surface area (Å²) in [6.45, 7) is 1.78. The number of unbranched alkanes of at least 4 members (excludes halogenated alkanes) is 2. The third kappa shape index (κ3) is 6.14. The normalized spacial score (nSPS) is 11.6. The van der Waals surface area contributed by atoms with Crippen LogP contribution in [0.1, 0.15) is 45.2 Å². The lowest BCUT2D eigenvalue weighted by Crippen LogP contribution is -2.23. The summed E-state index contributed by atoms with van der Waals surface area (Å²) < 4.78 is 22.1. The van der Waals surface area contributed by atoms with Crippen molar-refractivity contribution in [3.63, 3.8) is 0 Å². The number of nitrogens with two attached hydrogens (primary N) is 1. The van der Waals surface area contributed by atoms with Crippen LogP contribution in [0.3, 0.4) is 0 Å². The van der Waals surface area contributed by atoms with Gasteiger partial charge in [0.15, 0.2) is 5.78 Å². The number of aryl methyl sites for hydroxylation is 3. The summed E-state index contributed by atoms with van der Waals surface area (Å²) >= 11 is 1.46. The molecule has 24 heavy (non-hydrogen) atoms. The van der Waals surface area contributed by atoms with Gasteiger partial charge in [0, 0.05) is 4.88 Å². The van der Waals surface area contributed by atoms with Crippen LogP contribution in [0, 0.1) is 6.92 Å². The fourth-order valence-corrected chi connectivity index (χ4v) is 3.99. The lowest BCUT2D eigenvalue weighted by atomic mass is 10.1. The predicted octanol–water partition coefficient (Wildman–Crippen LogP) is 2.88. The van der Waals surface area contributed by atoms with Gasteiger partial charge in [0.2, 0.25) is 10.0 Å². The lowest BCUT2D eigenvalue weighted by Gasteiger charge is -2.01. The number of hydrogen-bond donors (Lipinski definition) is 1. The highest BCUT2D eigenvalue weighted by Crippen LogP contribution is 2.20. The summed E-state index contributed by atoms with van der Waals surface area (Å²) in [6, 6.07) is 10.4. The van der Waals surface area contributed by atoms with Crippen LogP contribution in [0.5, 0.6) is 0 Å². The lowest BCUT2D eigenvalue weighted by molar-refractivity contribution is 0.101. The van der Waals surface area contributed by atoms with Gasteiger partial charge in [0.05, 0.1) is 5.01 Å². The minimum Gasteiger partial charge on any atom is -0.291 e. The molecule has 0 fully saturated rings. The molecular weight excluding hydrogens is 344 g/mol. The van der Waals surface area contributed by atoms with E-state index in [0.717, 1.165) is 42.0 Å². The van der Waals surface area contributed by atoms with Gasteiger partial charge in [-0.3, -0.25) is 4.79 Å². The molecule has 0 aliphatic carbocycles. The molecule has 2 rings (SSSR count). The van der Waals surface area contributed by atoms with Crippen molar-refractivity contribution < 1.29 is 13.2 Å². The number of aromatic nitrogens is 1. The Morgan fingerprint density at radius 3 is 2.46 bits per heavy atom. The Kier molecular flexibility index (Phi) is 6.65. The molecule has 1 heterocycles. The van der Waals surface area contributed by atoms with Gasteiger partial charge >= 0.3 is 0 Å². The molecule has 0 aliphatic rings. The van der Waals surface area contributed by atoms with Gasteiger partial charge in [0.1, 0.15) is 11.4 Å². The van der Waals surface area contributed by atoms with Crippen molar-refractivity contribution in [1.82, 2.24) is 4.98 Å². The van der Waals surface area contributed by atoms with Crippen molar-refractivity contribution in [2.24, 2.45) is 5.14 Å². The van der Waals surface area contributed by atoms with E-state index >= 15 is 0 Å². The Morgan fingerprint density at radius 2 is 1.79 bits per heavy atom. The van der Waals surface area contributed by atoms with E-state index in [1.807, 2.05) is 18.2 Å². The average molecular weight is 367 g/mol. The number of carbonyl (C=O) groups excluding carboxylic acids is 1. The standard InChI is InChI=1S/C17H22N2O3S2/c1-13-17(15(20)12-24(18,21)22)19-16(23-13)11-7-3-6-10-14-8-4-2-5-9-14/h2,4-5,8-9H,3,6-7,10-12H2,1H3,(H2,18,21,22). The summed E-state index contributed by atoms with van der Waals surface area (Å²) in [6.07, 6.45) is 5.08. The number of sulfonamides is 1. The van der Waals surface area contributed by atoms with Crippen molar-refractivity contribution in [2.75, 3.05) is 5.75 Å². The molecule has 130 valence electrons. The van der Waals surface area contributed by atoms with E-state index in [2.05, 4.69) is 17.1 Å². The number of primary sulfonamides is 1. The molecule has 0 atom stereocenters. The van der Waals surface area contributed by atoms with Crippen LogP contribution in [0.4, 0.5) is 0 Å². The monoisotopic (exact) mass is 366 g/mol. The fourth-order valence-electron chi connectivity index (χ4n) is 2.49. The highest BCUT2D eigenvalue weighted by Gasteiger charge is 2.19. The molecule has 5 nitrogen and oxygen atoms in total. The number of ketones is 1. The molecule has 1 aromatic carbocycles. The summed E-state index contributed by atoms with van der Waals surface area (Å²) in [5.41, 5.74) is 1.59. The van der Waals surface area contributed by atoms with Crippen molar-refractivity contribution >= 4 is 27.1 Å².